The van der Waals surface area contributed by atoms with Crippen LogP contribution in [0.5, 0.6) is 0 Å². The summed E-state index contributed by atoms with van der Waals surface area (Å²) in [5.74, 6) is 0.716. The van der Waals surface area contributed by atoms with Crippen molar-refractivity contribution in [2.24, 2.45) is 0 Å². The zero-order valence-corrected chi connectivity index (χ0v) is 13.4. The van der Waals surface area contributed by atoms with Crippen LogP contribution < -0.4 is 0 Å². The second kappa shape index (κ2) is 11.5. The van der Waals surface area contributed by atoms with Crippen LogP contribution in [0.3, 0.4) is 0 Å². The van der Waals surface area contributed by atoms with Crippen molar-refractivity contribution in [2.75, 3.05) is 26.0 Å². The molecule has 0 aromatic heterocycles. The lowest BCUT2D eigenvalue weighted by Crippen LogP contribution is -2.24. The SMILES string of the molecule is CC.CC(C)(C)OC=O.CN1CC=C(CCl)CC1. The maximum absolute atomic E-state index is 9.60. The summed E-state index contributed by atoms with van der Waals surface area (Å²) in [6.07, 6.45) is 3.37. The van der Waals surface area contributed by atoms with Crippen LogP contribution in [0.4, 0.5) is 0 Å². The Morgan fingerprint density at radius 1 is 1.44 bits per heavy atom. The van der Waals surface area contributed by atoms with E-state index in [4.69, 9.17) is 11.6 Å². The summed E-state index contributed by atoms with van der Waals surface area (Å²) in [5, 5.41) is 0. The third-order valence-corrected chi connectivity index (χ3v) is 2.42. The van der Waals surface area contributed by atoms with E-state index in [2.05, 4.69) is 22.8 Å². The quantitative estimate of drug-likeness (QED) is 0.440. The number of nitrogens with zero attached hydrogens (tertiary/aromatic N) is 1. The van der Waals surface area contributed by atoms with E-state index in [0.29, 0.717) is 12.4 Å². The van der Waals surface area contributed by atoms with Crippen LogP contribution >= 0.6 is 11.6 Å². The molecule has 0 N–H and O–H groups in total. The van der Waals surface area contributed by atoms with Crippen LogP contribution in [0.2, 0.25) is 0 Å². The Balaban J connectivity index is 0. The molecular formula is C14H28ClNO2. The monoisotopic (exact) mass is 277 g/mol. The lowest BCUT2D eigenvalue weighted by Gasteiger charge is -2.20. The van der Waals surface area contributed by atoms with Crippen molar-refractivity contribution in [1.29, 1.82) is 0 Å². The molecule has 0 saturated heterocycles. The number of hydrogen-bond donors (Lipinski definition) is 0. The van der Waals surface area contributed by atoms with Crippen LogP contribution in [0.15, 0.2) is 11.6 Å². The molecule has 108 valence electrons. The van der Waals surface area contributed by atoms with E-state index in [1.807, 2.05) is 34.6 Å². The van der Waals surface area contributed by atoms with Crippen molar-refractivity contribution in [1.82, 2.24) is 4.90 Å². The molecule has 0 radical (unpaired) electrons. The highest BCUT2D eigenvalue weighted by atomic mass is 35.5. The fourth-order valence-electron chi connectivity index (χ4n) is 1.08. The van der Waals surface area contributed by atoms with E-state index in [1.54, 1.807) is 0 Å². The third-order valence-electron chi connectivity index (χ3n) is 2.08. The van der Waals surface area contributed by atoms with Gasteiger partial charge < -0.3 is 9.64 Å². The standard InChI is InChI=1S/C7H12ClN.C5H10O2.C2H6/c1-9-4-2-7(6-8)3-5-9;1-5(2,3)7-4-6;1-2/h2H,3-6H2,1H3;4H,1-3H3;1-2H3. The van der Waals surface area contributed by atoms with Crippen molar-refractivity contribution in [3.63, 3.8) is 0 Å². The predicted molar refractivity (Wildman–Crippen MR) is 79.2 cm³/mol. The molecule has 4 heteroatoms. The number of halogens is 1. The highest BCUT2D eigenvalue weighted by Crippen LogP contribution is 2.09. The van der Waals surface area contributed by atoms with Gasteiger partial charge in [0.25, 0.3) is 6.47 Å². The Labute approximate surface area is 117 Å². The topological polar surface area (TPSA) is 29.5 Å². The minimum absolute atomic E-state index is 0.318. The Hall–Kier alpha value is -0.540. The Morgan fingerprint density at radius 2 is 2.00 bits per heavy atom. The van der Waals surface area contributed by atoms with Crippen molar-refractivity contribution in [3.05, 3.63) is 11.6 Å². The van der Waals surface area contributed by atoms with Gasteiger partial charge in [-0.3, -0.25) is 4.79 Å². The van der Waals surface area contributed by atoms with Gasteiger partial charge in [0.2, 0.25) is 0 Å². The first-order valence-electron chi connectivity index (χ1n) is 6.43. The van der Waals surface area contributed by atoms with Gasteiger partial charge in [0, 0.05) is 19.0 Å². The fraction of sp³-hybridized carbons (Fsp3) is 0.786. The van der Waals surface area contributed by atoms with E-state index in [1.165, 1.54) is 12.1 Å². The van der Waals surface area contributed by atoms with Crippen LogP contribution in [0.25, 0.3) is 0 Å². The van der Waals surface area contributed by atoms with Crippen LogP contribution in [-0.2, 0) is 9.53 Å². The minimum atomic E-state index is -0.318. The molecule has 1 aliphatic heterocycles. The summed E-state index contributed by atoms with van der Waals surface area (Å²) < 4.78 is 4.55. The number of rotatable bonds is 2. The van der Waals surface area contributed by atoms with Crippen molar-refractivity contribution in [3.8, 4) is 0 Å². The molecule has 0 aliphatic carbocycles. The third kappa shape index (κ3) is 13.5. The number of carbonyl (C=O) groups is 1. The highest BCUT2D eigenvalue weighted by molar-refractivity contribution is 6.19. The average Bonchev–Trinajstić information content (AvgIpc) is 2.32. The number of ether oxygens (including phenoxy) is 1. The highest BCUT2D eigenvalue weighted by Gasteiger charge is 2.07. The molecule has 1 rings (SSSR count). The molecule has 0 bridgehead atoms. The van der Waals surface area contributed by atoms with Gasteiger partial charge in [0.15, 0.2) is 0 Å². The Morgan fingerprint density at radius 3 is 2.22 bits per heavy atom. The molecule has 0 amide bonds. The zero-order chi connectivity index (χ0) is 14.6. The summed E-state index contributed by atoms with van der Waals surface area (Å²) in [5.41, 5.74) is 1.08. The molecule has 0 aromatic rings. The minimum Gasteiger partial charge on any atom is -0.462 e. The second-order valence-electron chi connectivity index (χ2n) is 4.83. The molecule has 0 saturated carbocycles. The van der Waals surface area contributed by atoms with Crippen molar-refractivity contribution in [2.45, 2.75) is 46.6 Å². The summed E-state index contributed by atoms with van der Waals surface area (Å²) in [6, 6.07) is 0. The van der Waals surface area contributed by atoms with E-state index in [0.717, 1.165) is 13.0 Å². The maximum Gasteiger partial charge on any atom is 0.293 e. The van der Waals surface area contributed by atoms with Crippen molar-refractivity contribution < 1.29 is 9.53 Å². The first kappa shape index (κ1) is 19.8. The largest absolute Gasteiger partial charge is 0.462 e. The van der Waals surface area contributed by atoms with Crippen LogP contribution in [0.1, 0.15) is 41.0 Å². The Bertz CT molecular complexity index is 234. The van der Waals surface area contributed by atoms with Gasteiger partial charge in [-0.05, 0) is 34.2 Å². The van der Waals surface area contributed by atoms with Crippen molar-refractivity contribution >= 4 is 18.1 Å². The summed E-state index contributed by atoms with van der Waals surface area (Å²) >= 11 is 5.64. The van der Waals surface area contributed by atoms with E-state index < -0.39 is 0 Å². The van der Waals surface area contributed by atoms with Gasteiger partial charge in [-0.1, -0.05) is 25.5 Å². The van der Waals surface area contributed by atoms with E-state index >= 15 is 0 Å². The first-order chi connectivity index (χ1) is 8.39. The molecule has 18 heavy (non-hydrogen) atoms. The zero-order valence-electron chi connectivity index (χ0n) is 12.6. The smallest absolute Gasteiger partial charge is 0.293 e. The van der Waals surface area contributed by atoms with Gasteiger partial charge in [-0.25, -0.2) is 0 Å². The number of hydrogen-bond acceptors (Lipinski definition) is 3. The lowest BCUT2D eigenvalue weighted by atomic mass is 10.1. The molecular weight excluding hydrogens is 250 g/mol. The summed E-state index contributed by atoms with van der Waals surface area (Å²) in [6.45, 7) is 12.2. The molecule has 0 spiro atoms. The van der Waals surface area contributed by atoms with Crippen LogP contribution in [0, 0.1) is 0 Å². The van der Waals surface area contributed by atoms with Gasteiger partial charge in [-0.15, -0.1) is 11.6 Å². The molecule has 1 heterocycles. The van der Waals surface area contributed by atoms with E-state index in [-0.39, 0.29) is 5.60 Å². The van der Waals surface area contributed by atoms with E-state index in [9.17, 15) is 4.79 Å². The Kier molecular flexibility index (Phi) is 12.7. The molecule has 0 atom stereocenters. The number of likely N-dealkylation sites (N-methyl/N-ethyl adjacent to an activating group) is 1. The molecule has 0 aromatic carbocycles. The van der Waals surface area contributed by atoms with Crippen LogP contribution in [-0.4, -0.2) is 43.0 Å². The predicted octanol–water partition coefficient (Wildman–Crippen LogP) is 3.47. The summed E-state index contributed by atoms with van der Waals surface area (Å²) in [7, 11) is 2.13. The van der Waals surface area contributed by atoms with Gasteiger partial charge >= 0.3 is 0 Å². The molecule has 0 unspecified atom stereocenters. The second-order valence-corrected chi connectivity index (χ2v) is 5.10. The van der Waals surface area contributed by atoms with Gasteiger partial charge in [-0.2, -0.15) is 0 Å². The first-order valence-corrected chi connectivity index (χ1v) is 6.96. The molecule has 1 aliphatic rings. The normalized spacial score (nSPS) is 15.4. The number of carbonyl (C=O) groups excluding carboxylic acids is 1. The lowest BCUT2D eigenvalue weighted by molar-refractivity contribution is -0.138. The summed E-state index contributed by atoms with van der Waals surface area (Å²) in [4.78, 5) is 11.9. The van der Waals surface area contributed by atoms with Gasteiger partial charge in [0.05, 0.1) is 0 Å². The maximum atomic E-state index is 9.60. The molecule has 0 fully saturated rings. The molecule has 3 nitrogen and oxygen atoms in total. The fourth-order valence-corrected chi connectivity index (χ4v) is 1.32. The number of alkyl halides is 1. The average molecular weight is 278 g/mol. The van der Waals surface area contributed by atoms with Gasteiger partial charge in [0.1, 0.15) is 5.60 Å².